The fourth-order valence-corrected chi connectivity index (χ4v) is 14.4. The Morgan fingerprint density at radius 1 is 0.232 bits per heavy atom. The Bertz CT molecular complexity index is 6090. The second-order valence-electron chi connectivity index (χ2n) is 25.4. The molecule has 0 aliphatic heterocycles. The van der Waals surface area contributed by atoms with E-state index in [2.05, 4.69) is 309 Å². The van der Waals surface area contributed by atoms with Gasteiger partial charge in [-0.3, -0.25) is 0 Å². The van der Waals surface area contributed by atoms with E-state index in [1.165, 1.54) is 54.7 Å². The highest BCUT2D eigenvalue weighted by molar-refractivity contribution is 6.27. The maximum absolute atomic E-state index is 5.37. The summed E-state index contributed by atoms with van der Waals surface area (Å²) in [5.41, 5.74) is 21.8. The zero-order valence-corrected chi connectivity index (χ0v) is 54.2. The summed E-state index contributed by atoms with van der Waals surface area (Å²) >= 11 is 0. The van der Waals surface area contributed by atoms with Crippen LogP contribution in [0.1, 0.15) is 16.7 Å². The van der Waals surface area contributed by atoms with Crippen molar-refractivity contribution in [3.63, 3.8) is 0 Å². The van der Waals surface area contributed by atoms with Crippen LogP contribution in [0.2, 0.25) is 0 Å². The van der Waals surface area contributed by atoms with Crippen molar-refractivity contribution in [2.45, 2.75) is 13.3 Å². The van der Waals surface area contributed by atoms with Gasteiger partial charge in [0.25, 0.3) is 0 Å². The average Bonchev–Trinajstić information content (AvgIpc) is 1.71. The van der Waals surface area contributed by atoms with Gasteiger partial charge in [-0.1, -0.05) is 285 Å². The molecule has 15 aromatic carbocycles. The van der Waals surface area contributed by atoms with Crippen molar-refractivity contribution in [3.05, 3.63) is 356 Å². The van der Waals surface area contributed by atoms with Gasteiger partial charge in [0.2, 0.25) is 0 Å². The van der Waals surface area contributed by atoms with E-state index >= 15 is 0 Å². The van der Waals surface area contributed by atoms with E-state index in [0.717, 1.165) is 106 Å². The fourth-order valence-electron chi connectivity index (χ4n) is 14.4. The van der Waals surface area contributed by atoms with Crippen molar-refractivity contribution in [2.75, 3.05) is 0 Å². The lowest BCUT2D eigenvalue weighted by molar-refractivity contribution is 1.07. The molecule has 18 aromatic rings. The second-order valence-corrected chi connectivity index (χ2v) is 25.4. The van der Waals surface area contributed by atoms with E-state index in [4.69, 9.17) is 29.9 Å². The summed E-state index contributed by atoms with van der Waals surface area (Å²) in [5.74, 6) is 3.69. The summed E-state index contributed by atoms with van der Waals surface area (Å²) in [6.07, 6.45) is 0.754. The Morgan fingerprint density at radius 3 is 1.17 bits per heavy atom. The second kappa shape index (κ2) is 24.9. The van der Waals surface area contributed by atoms with E-state index in [9.17, 15) is 0 Å². The Kier molecular flexibility index (Phi) is 14.7. The van der Waals surface area contributed by atoms with Crippen molar-refractivity contribution in [3.8, 4) is 119 Å². The topological polar surface area (TPSA) is 82.3 Å². The minimum atomic E-state index is 0.608. The first-order chi connectivity index (χ1) is 49.0. The zero-order chi connectivity index (χ0) is 65.8. The number of aromatic nitrogens is 7. The lowest BCUT2D eigenvalue weighted by Gasteiger charge is -2.15. The van der Waals surface area contributed by atoms with Gasteiger partial charge in [-0.05, 0) is 161 Å². The molecule has 0 amide bonds. The molecule has 0 N–H and O–H groups in total. The molecule has 0 saturated carbocycles. The Balaban J connectivity index is 0.710. The van der Waals surface area contributed by atoms with Crippen LogP contribution in [-0.4, -0.2) is 34.5 Å². The zero-order valence-electron chi connectivity index (χ0n) is 54.2. The van der Waals surface area contributed by atoms with Gasteiger partial charge in [-0.25, -0.2) is 29.9 Å². The highest BCUT2D eigenvalue weighted by Gasteiger charge is 2.21. The third-order valence-electron chi connectivity index (χ3n) is 19.3. The van der Waals surface area contributed by atoms with Crippen molar-refractivity contribution < 1.29 is 0 Å². The number of benzene rings is 15. The van der Waals surface area contributed by atoms with Crippen LogP contribution in [0.15, 0.2) is 340 Å². The molecule has 3 heterocycles. The van der Waals surface area contributed by atoms with E-state index in [1.807, 2.05) is 42.5 Å². The van der Waals surface area contributed by atoms with Crippen molar-refractivity contribution >= 4 is 54.1 Å². The quantitative estimate of drug-likeness (QED) is 0.107. The van der Waals surface area contributed by atoms with Crippen LogP contribution in [0.5, 0.6) is 0 Å². The molecule has 7 heteroatoms. The molecule has 99 heavy (non-hydrogen) atoms. The van der Waals surface area contributed by atoms with Crippen LogP contribution in [0.4, 0.5) is 0 Å². The maximum atomic E-state index is 5.37. The van der Waals surface area contributed by atoms with Crippen LogP contribution in [0, 0.1) is 6.92 Å². The number of rotatable bonds is 13. The molecular weight excluding hydrogens is 1200 g/mol. The average molecular weight is 1260 g/mol. The van der Waals surface area contributed by atoms with Gasteiger partial charge < -0.3 is 4.57 Å². The normalized spacial score (nSPS) is 11.5. The molecule has 0 bridgehead atoms. The monoisotopic (exact) mass is 1260 g/mol. The smallest absolute Gasteiger partial charge is 0.164 e. The first kappa shape index (κ1) is 58.5. The maximum Gasteiger partial charge on any atom is 0.164 e. The molecule has 0 unspecified atom stereocenters. The Hall–Kier alpha value is -13.1. The van der Waals surface area contributed by atoms with E-state index < -0.39 is 0 Å². The highest BCUT2D eigenvalue weighted by atomic mass is 15.0. The van der Waals surface area contributed by atoms with Gasteiger partial charge in [0.1, 0.15) is 0 Å². The largest absolute Gasteiger partial charge is 0.309 e. The lowest BCUT2D eigenvalue weighted by Crippen LogP contribution is -2.01. The van der Waals surface area contributed by atoms with Crippen LogP contribution in [0.25, 0.3) is 173 Å². The summed E-state index contributed by atoms with van der Waals surface area (Å²) in [6.45, 7) is 2.18. The number of fused-ring (bicyclic) bond motifs is 9. The summed E-state index contributed by atoms with van der Waals surface area (Å²) < 4.78 is 2.38. The van der Waals surface area contributed by atoms with Gasteiger partial charge in [0, 0.05) is 49.8 Å². The predicted molar refractivity (Wildman–Crippen MR) is 408 cm³/mol. The minimum Gasteiger partial charge on any atom is -0.309 e. The first-order valence-corrected chi connectivity index (χ1v) is 33.6. The summed E-state index contributed by atoms with van der Waals surface area (Å²) in [5, 5.41) is 9.35. The van der Waals surface area contributed by atoms with Gasteiger partial charge >= 0.3 is 0 Å². The SMILES string of the molecule is Cc1ccccc1-c1ccccc1Cc1cccc(-c2nc(-c3ccc(-c4ccccc4)cc3)nc(-c3ccc4c5ccc(-c6cccc7c6c6ccccc6n7-c6ccc(-c7nc(-c8ccccc8)nc(-c8ccc(-c9ccccc9)cc8)n7)cc6)cc5c5ccccc5c4c3)n2)c1. The summed E-state index contributed by atoms with van der Waals surface area (Å²) in [7, 11) is 0. The molecular formula is C92H61N7. The highest BCUT2D eigenvalue weighted by Crippen LogP contribution is 2.44. The van der Waals surface area contributed by atoms with E-state index in [-0.39, 0.29) is 0 Å². The van der Waals surface area contributed by atoms with Crippen molar-refractivity contribution in [2.24, 2.45) is 0 Å². The van der Waals surface area contributed by atoms with Crippen LogP contribution in [0.3, 0.4) is 0 Å². The Labute approximate surface area is 573 Å². The fraction of sp³-hybridized carbons (Fsp3) is 0.0217. The number of nitrogens with zero attached hydrogens (tertiary/aromatic N) is 7. The molecule has 3 aromatic heterocycles. The molecule has 0 aliphatic carbocycles. The number of hydrogen-bond acceptors (Lipinski definition) is 6. The molecule has 0 aliphatic rings. The molecule has 0 fully saturated rings. The third kappa shape index (κ3) is 10.9. The molecule has 0 saturated heterocycles. The summed E-state index contributed by atoms with van der Waals surface area (Å²) in [4.78, 5) is 31.2. The van der Waals surface area contributed by atoms with E-state index in [1.54, 1.807) is 0 Å². The standard InChI is InChI=1S/C92H61N7/c1-59-21-11-13-31-74(59)75-32-14-12-29-69(75)55-60-22-19-30-71(56-60)91-96-89(67-45-41-64(42-46-67)62-25-7-3-8-26-62)97-92(98-91)72-50-54-80-79-53-49-70(57-82(79)77-33-15-16-34-78(77)83(80)58-72)76-36-20-38-85-86(76)81-35-17-18-37-84(81)99(85)73-51-47-68(48-52-73)90-94-87(65-27-9-4-10-28-65)93-88(95-90)66-43-39-63(40-44-66)61-23-5-2-6-24-61/h2-54,56-58H,55H2,1H3. The molecule has 464 valence electrons. The van der Waals surface area contributed by atoms with Crippen molar-refractivity contribution in [1.29, 1.82) is 0 Å². The van der Waals surface area contributed by atoms with Crippen LogP contribution < -0.4 is 0 Å². The van der Waals surface area contributed by atoms with Gasteiger partial charge in [0.15, 0.2) is 34.9 Å². The van der Waals surface area contributed by atoms with E-state index in [0.29, 0.717) is 34.9 Å². The van der Waals surface area contributed by atoms with Gasteiger partial charge in [-0.15, -0.1) is 0 Å². The minimum absolute atomic E-state index is 0.608. The summed E-state index contributed by atoms with van der Waals surface area (Å²) in [6, 6.07) is 121. The van der Waals surface area contributed by atoms with Crippen molar-refractivity contribution in [1.82, 2.24) is 34.5 Å². The van der Waals surface area contributed by atoms with Crippen LogP contribution in [-0.2, 0) is 6.42 Å². The van der Waals surface area contributed by atoms with Crippen LogP contribution >= 0.6 is 0 Å². The number of aryl methyl sites for hydroxylation is 1. The molecule has 18 rings (SSSR count). The Morgan fingerprint density at radius 2 is 0.596 bits per heavy atom. The number of hydrogen-bond donors (Lipinski definition) is 0. The molecule has 0 radical (unpaired) electrons. The number of para-hydroxylation sites is 1. The molecule has 0 spiro atoms. The predicted octanol–water partition coefficient (Wildman–Crippen LogP) is 23.2. The van der Waals surface area contributed by atoms with Gasteiger partial charge in [-0.2, -0.15) is 0 Å². The van der Waals surface area contributed by atoms with Gasteiger partial charge in [0.05, 0.1) is 11.0 Å². The first-order valence-electron chi connectivity index (χ1n) is 33.6. The lowest BCUT2D eigenvalue weighted by atomic mass is 9.90. The third-order valence-corrected chi connectivity index (χ3v) is 19.3. The molecule has 7 nitrogen and oxygen atoms in total. The molecule has 0 atom stereocenters.